The molecule has 1 aliphatic rings. The maximum absolute atomic E-state index is 12.2. The lowest BCUT2D eigenvalue weighted by atomic mass is 9.75. The van der Waals surface area contributed by atoms with Crippen LogP contribution < -0.4 is 5.69 Å². The van der Waals surface area contributed by atoms with Crippen molar-refractivity contribution in [3.63, 3.8) is 0 Å². The summed E-state index contributed by atoms with van der Waals surface area (Å²) in [6.07, 6.45) is 10.3. The summed E-state index contributed by atoms with van der Waals surface area (Å²) < 4.78 is 1.97. The highest BCUT2D eigenvalue weighted by Gasteiger charge is 2.36. The van der Waals surface area contributed by atoms with Gasteiger partial charge in [0, 0.05) is 17.4 Å². The minimum Gasteiger partial charge on any atom is -0.310 e. The van der Waals surface area contributed by atoms with Gasteiger partial charge in [0.2, 0.25) is 0 Å². The molecule has 0 radical (unpaired) electrons. The minimum atomic E-state index is 0.0102. The Balaban J connectivity index is 2.26. The van der Waals surface area contributed by atoms with Crippen LogP contribution in [-0.4, -0.2) is 9.55 Å². The zero-order chi connectivity index (χ0) is 13.2. The number of hydrogen-bond donors (Lipinski definition) is 1. The summed E-state index contributed by atoms with van der Waals surface area (Å²) in [6, 6.07) is 0. The molecule has 1 heterocycles. The van der Waals surface area contributed by atoms with E-state index >= 15 is 0 Å². The normalized spacial score (nSPS) is 28.5. The molecule has 1 aromatic rings. The Morgan fingerprint density at radius 1 is 1.50 bits per heavy atom. The van der Waals surface area contributed by atoms with Crippen molar-refractivity contribution >= 4 is 0 Å². The first kappa shape index (κ1) is 13.4. The highest BCUT2D eigenvalue weighted by atomic mass is 16.1. The number of aryl methyl sites for hydroxylation is 1. The van der Waals surface area contributed by atoms with Crippen LogP contribution in [0.15, 0.2) is 11.0 Å². The van der Waals surface area contributed by atoms with E-state index in [1.54, 1.807) is 0 Å². The van der Waals surface area contributed by atoms with Crippen molar-refractivity contribution in [2.75, 3.05) is 0 Å². The van der Waals surface area contributed by atoms with Crippen LogP contribution in [0.3, 0.4) is 0 Å². The number of rotatable bonds is 4. The van der Waals surface area contributed by atoms with E-state index in [1.807, 2.05) is 4.57 Å². The van der Waals surface area contributed by atoms with Gasteiger partial charge in [-0.05, 0) is 38.5 Å². The first-order valence-electron chi connectivity index (χ1n) is 7.39. The summed E-state index contributed by atoms with van der Waals surface area (Å²) in [5.41, 5.74) is 1.19. The van der Waals surface area contributed by atoms with E-state index in [0.29, 0.717) is 5.92 Å². The number of nitrogens with zero attached hydrogens (tertiary/aromatic N) is 1. The number of imidazole rings is 1. The van der Waals surface area contributed by atoms with Crippen molar-refractivity contribution in [1.82, 2.24) is 9.55 Å². The van der Waals surface area contributed by atoms with E-state index in [4.69, 9.17) is 0 Å². The fourth-order valence-corrected chi connectivity index (χ4v) is 3.17. The fourth-order valence-electron chi connectivity index (χ4n) is 3.17. The predicted octanol–water partition coefficient (Wildman–Crippen LogP) is 3.44. The van der Waals surface area contributed by atoms with Crippen molar-refractivity contribution in [1.29, 1.82) is 0 Å². The van der Waals surface area contributed by atoms with Gasteiger partial charge in [-0.3, -0.25) is 4.57 Å². The molecule has 0 spiro atoms. The first-order chi connectivity index (χ1) is 8.58. The number of aromatic nitrogens is 2. The number of hydrogen-bond acceptors (Lipinski definition) is 1. The van der Waals surface area contributed by atoms with E-state index < -0.39 is 0 Å². The summed E-state index contributed by atoms with van der Waals surface area (Å²) in [5.74, 6) is 0.582. The Morgan fingerprint density at radius 2 is 2.28 bits per heavy atom. The van der Waals surface area contributed by atoms with Crippen molar-refractivity contribution in [3.05, 3.63) is 22.4 Å². The summed E-state index contributed by atoms with van der Waals surface area (Å²) in [7, 11) is 0. The van der Waals surface area contributed by atoms with Crippen LogP contribution in [-0.2, 0) is 12.0 Å². The summed E-state index contributed by atoms with van der Waals surface area (Å²) >= 11 is 0. The largest absolute Gasteiger partial charge is 0.326 e. The Labute approximate surface area is 110 Å². The maximum Gasteiger partial charge on any atom is 0.326 e. The van der Waals surface area contributed by atoms with Crippen molar-refractivity contribution in [2.24, 2.45) is 5.92 Å². The van der Waals surface area contributed by atoms with Crippen LogP contribution in [0.1, 0.15) is 65.0 Å². The second-order valence-electron chi connectivity index (χ2n) is 6.06. The first-order valence-corrected chi connectivity index (χ1v) is 7.39. The van der Waals surface area contributed by atoms with Crippen LogP contribution >= 0.6 is 0 Å². The Bertz CT molecular complexity index is 446. The molecule has 102 valence electrons. The van der Waals surface area contributed by atoms with Crippen molar-refractivity contribution in [3.8, 4) is 0 Å². The molecule has 0 bridgehead atoms. The van der Waals surface area contributed by atoms with Gasteiger partial charge in [-0.1, -0.05) is 33.1 Å². The zero-order valence-corrected chi connectivity index (χ0v) is 12.0. The molecule has 2 atom stereocenters. The fraction of sp³-hybridized carbons (Fsp3) is 0.800. The second kappa shape index (κ2) is 5.33. The van der Waals surface area contributed by atoms with Gasteiger partial charge < -0.3 is 4.98 Å². The van der Waals surface area contributed by atoms with Gasteiger partial charge in [-0.2, -0.15) is 0 Å². The third-order valence-corrected chi connectivity index (χ3v) is 4.75. The van der Waals surface area contributed by atoms with Gasteiger partial charge >= 0.3 is 5.69 Å². The Morgan fingerprint density at radius 3 is 2.94 bits per heavy atom. The molecule has 0 saturated heterocycles. The molecule has 0 aliphatic heterocycles. The van der Waals surface area contributed by atoms with Crippen LogP contribution in [0.4, 0.5) is 0 Å². The molecule has 1 aliphatic carbocycles. The lowest BCUT2D eigenvalue weighted by Crippen LogP contribution is -2.44. The molecule has 1 fully saturated rings. The molecule has 3 heteroatoms. The van der Waals surface area contributed by atoms with E-state index in [0.717, 1.165) is 25.0 Å². The van der Waals surface area contributed by atoms with E-state index in [9.17, 15) is 4.79 Å². The number of aromatic amines is 1. The van der Waals surface area contributed by atoms with E-state index in [-0.39, 0.29) is 11.2 Å². The predicted molar refractivity (Wildman–Crippen MR) is 74.9 cm³/mol. The number of nitrogens with one attached hydrogen (secondary N) is 1. The van der Waals surface area contributed by atoms with Gasteiger partial charge in [-0.15, -0.1) is 0 Å². The van der Waals surface area contributed by atoms with E-state index in [1.165, 1.54) is 25.7 Å². The van der Waals surface area contributed by atoms with Crippen molar-refractivity contribution < 1.29 is 0 Å². The molecule has 1 aromatic heterocycles. The number of unbranched alkanes of at least 4 members (excludes halogenated alkanes) is 1. The van der Waals surface area contributed by atoms with Crippen LogP contribution in [0.25, 0.3) is 0 Å². The lowest BCUT2D eigenvalue weighted by molar-refractivity contribution is 0.134. The Kier molecular flexibility index (Phi) is 3.98. The lowest BCUT2D eigenvalue weighted by Gasteiger charge is -2.40. The molecule has 3 nitrogen and oxygen atoms in total. The molecular formula is C15H26N2O. The van der Waals surface area contributed by atoms with Gasteiger partial charge in [0.25, 0.3) is 0 Å². The summed E-state index contributed by atoms with van der Waals surface area (Å²) in [6.45, 7) is 6.71. The second-order valence-corrected chi connectivity index (χ2v) is 6.06. The Hall–Kier alpha value is -0.990. The van der Waals surface area contributed by atoms with Crippen molar-refractivity contribution in [2.45, 2.75) is 71.3 Å². The quantitative estimate of drug-likeness (QED) is 0.873. The summed E-state index contributed by atoms with van der Waals surface area (Å²) in [4.78, 5) is 15.2. The highest BCUT2D eigenvalue weighted by Crippen LogP contribution is 2.38. The number of H-pyrrole nitrogens is 1. The standard InChI is InChI=1S/C15H26N2O/c1-4-5-9-13-11-17(14(18)16-13)15(3)10-7-6-8-12(15)2/h11-12H,4-10H2,1-3H3,(H,16,18)/t12-,15-/m0/s1. The molecule has 0 amide bonds. The maximum atomic E-state index is 12.2. The molecule has 2 rings (SSSR count). The molecule has 18 heavy (non-hydrogen) atoms. The molecular weight excluding hydrogens is 224 g/mol. The summed E-state index contributed by atoms with van der Waals surface area (Å²) in [5, 5.41) is 0. The van der Waals surface area contributed by atoms with Crippen LogP contribution in [0.5, 0.6) is 0 Å². The van der Waals surface area contributed by atoms with Gasteiger partial charge in [-0.25, -0.2) is 4.79 Å². The highest BCUT2D eigenvalue weighted by molar-refractivity contribution is 5.03. The molecule has 0 aromatic carbocycles. The average Bonchev–Trinajstić information content (AvgIpc) is 2.72. The van der Waals surface area contributed by atoms with Gasteiger partial charge in [0.1, 0.15) is 0 Å². The van der Waals surface area contributed by atoms with E-state index in [2.05, 4.69) is 32.0 Å². The molecule has 1 N–H and O–H groups in total. The monoisotopic (exact) mass is 250 g/mol. The van der Waals surface area contributed by atoms with Crippen LogP contribution in [0.2, 0.25) is 0 Å². The van der Waals surface area contributed by atoms with Gasteiger partial charge in [0.15, 0.2) is 0 Å². The SMILES string of the molecule is CCCCc1cn([C@@]2(C)CCCC[C@@H]2C)c(=O)[nH]1. The third-order valence-electron chi connectivity index (χ3n) is 4.75. The topological polar surface area (TPSA) is 37.8 Å². The smallest absolute Gasteiger partial charge is 0.310 e. The molecule has 1 saturated carbocycles. The van der Waals surface area contributed by atoms with Crippen LogP contribution in [0, 0.1) is 5.92 Å². The third kappa shape index (κ3) is 2.40. The average molecular weight is 250 g/mol. The minimum absolute atomic E-state index is 0.0102. The zero-order valence-electron chi connectivity index (χ0n) is 12.0. The molecule has 0 unspecified atom stereocenters. The van der Waals surface area contributed by atoms with Gasteiger partial charge in [0.05, 0.1) is 0 Å².